The largest absolute Gasteiger partial charge is 0.478 e. The smallest absolute Gasteiger partial charge is 0.337 e. The highest BCUT2D eigenvalue weighted by molar-refractivity contribution is 7.93. The molecule has 0 spiro atoms. The molecule has 1 unspecified atom stereocenters. The number of benzene rings is 1. The van der Waals surface area contributed by atoms with Gasteiger partial charge in [-0.2, -0.15) is 0 Å². The zero-order valence-corrected chi connectivity index (χ0v) is 13.8. The number of carboxylic acids is 1. The Hall–Kier alpha value is -1.31. The standard InChI is InChI=1S/C12H13Cl2NO5S/c1-6(11(16)15(2)3)21(19,20)9-5-7(13)4-8(10(9)14)12(17)18/h4-6H,1-3H3,(H,17,18). The van der Waals surface area contributed by atoms with E-state index in [1.54, 1.807) is 0 Å². The maximum atomic E-state index is 12.4. The molecule has 1 amide bonds. The Kier molecular flexibility index (Phi) is 5.25. The fraction of sp³-hybridized carbons (Fsp3) is 0.333. The van der Waals surface area contributed by atoms with Gasteiger partial charge in [-0.05, 0) is 19.1 Å². The Labute approximate surface area is 132 Å². The Morgan fingerprint density at radius 1 is 1.24 bits per heavy atom. The summed E-state index contributed by atoms with van der Waals surface area (Å²) in [5, 5.41) is 7.03. The summed E-state index contributed by atoms with van der Waals surface area (Å²) < 4.78 is 24.9. The van der Waals surface area contributed by atoms with Gasteiger partial charge in [-0.1, -0.05) is 23.2 Å². The van der Waals surface area contributed by atoms with E-state index in [2.05, 4.69) is 0 Å². The third kappa shape index (κ3) is 3.48. The van der Waals surface area contributed by atoms with Crippen LogP contribution in [-0.4, -0.2) is 49.6 Å². The van der Waals surface area contributed by atoms with Crippen LogP contribution in [0.3, 0.4) is 0 Å². The van der Waals surface area contributed by atoms with Crippen LogP contribution >= 0.6 is 23.2 Å². The second kappa shape index (κ2) is 6.21. The first kappa shape index (κ1) is 17.7. The molecule has 9 heteroatoms. The molecule has 1 aromatic rings. The van der Waals surface area contributed by atoms with Crippen molar-refractivity contribution in [2.75, 3.05) is 14.1 Å². The molecular formula is C12H13Cl2NO5S. The van der Waals surface area contributed by atoms with Crippen LogP contribution in [0.5, 0.6) is 0 Å². The van der Waals surface area contributed by atoms with Gasteiger partial charge in [0.2, 0.25) is 5.91 Å². The minimum absolute atomic E-state index is 0.0973. The first-order chi connectivity index (χ1) is 9.50. The van der Waals surface area contributed by atoms with Gasteiger partial charge in [0.1, 0.15) is 5.25 Å². The molecule has 116 valence electrons. The van der Waals surface area contributed by atoms with Gasteiger partial charge in [0.15, 0.2) is 9.84 Å². The number of hydrogen-bond acceptors (Lipinski definition) is 4. The molecule has 1 rings (SSSR count). The summed E-state index contributed by atoms with van der Waals surface area (Å²) in [6.45, 7) is 1.20. The Bertz CT molecular complexity index is 700. The van der Waals surface area contributed by atoms with Gasteiger partial charge >= 0.3 is 5.97 Å². The molecule has 0 aliphatic rings. The summed E-state index contributed by atoms with van der Waals surface area (Å²) in [6, 6.07) is 2.08. The number of rotatable bonds is 4. The Morgan fingerprint density at radius 3 is 2.19 bits per heavy atom. The van der Waals surface area contributed by atoms with Crippen LogP contribution in [0.1, 0.15) is 17.3 Å². The molecule has 6 nitrogen and oxygen atoms in total. The monoisotopic (exact) mass is 353 g/mol. The molecule has 0 radical (unpaired) electrons. The molecule has 1 atom stereocenters. The molecule has 0 saturated carbocycles. The lowest BCUT2D eigenvalue weighted by Gasteiger charge is -2.18. The summed E-state index contributed by atoms with van der Waals surface area (Å²) in [5.41, 5.74) is -0.438. The lowest BCUT2D eigenvalue weighted by Crippen LogP contribution is -2.37. The number of carbonyl (C=O) groups is 2. The highest BCUT2D eigenvalue weighted by Gasteiger charge is 2.34. The number of aromatic carboxylic acids is 1. The van der Waals surface area contributed by atoms with Crippen molar-refractivity contribution in [3.8, 4) is 0 Å². The fourth-order valence-corrected chi connectivity index (χ4v) is 3.92. The average molecular weight is 354 g/mol. The number of carbonyl (C=O) groups excluding carboxylic acids is 1. The molecule has 0 fully saturated rings. The van der Waals surface area contributed by atoms with Crippen molar-refractivity contribution >= 4 is 44.9 Å². The molecule has 0 aliphatic carbocycles. The molecule has 0 heterocycles. The minimum Gasteiger partial charge on any atom is -0.478 e. The van der Waals surface area contributed by atoms with Crippen molar-refractivity contribution in [2.45, 2.75) is 17.1 Å². The summed E-state index contributed by atoms with van der Waals surface area (Å²) in [5.74, 6) is -2.06. The van der Waals surface area contributed by atoms with Gasteiger partial charge < -0.3 is 10.0 Å². The van der Waals surface area contributed by atoms with E-state index in [9.17, 15) is 18.0 Å². The number of nitrogens with zero attached hydrogens (tertiary/aromatic N) is 1. The first-order valence-electron chi connectivity index (χ1n) is 5.67. The van der Waals surface area contributed by atoms with Crippen molar-refractivity contribution in [1.29, 1.82) is 0 Å². The van der Waals surface area contributed by atoms with E-state index in [0.717, 1.165) is 17.0 Å². The lowest BCUT2D eigenvalue weighted by atomic mass is 10.2. The fourth-order valence-electron chi connectivity index (χ4n) is 1.61. The summed E-state index contributed by atoms with van der Waals surface area (Å²) >= 11 is 11.6. The summed E-state index contributed by atoms with van der Waals surface area (Å²) in [4.78, 5) is 23.5. The van der Waals surface area contributed by atoms with Gasteiger partial charge in [0, 0.05) is 19.1 Å². The van der Waals surface area contributed by atoms with Crippen molar-refractivity contribution < 1.29 is 23.1 Å². The summed E-state index contributed by atoms with van der Waals surface area (Å²) in [6.07, 6.45) is 0. The zero-order valence-electron chi connectivity index (χ0n) is 11.4. The molecule has 0 aliphatic heterocycles. The van der Waals surface area contributed by atoms with E-state index in [1.165, 1.54) is 21.0 Å². The van der Waals surface area contributed by atoms with Crippen LogP contribution in [0.15, 0.2) is 17.0 Å². The number of sulfone groups is 1. The quantitative estimate of drug-likeness (QED) is 0.892. The van der Waals surface area contributed by atoms with Crippen LogP contribution in [0.4, 0.5) is 0 Å². The number of halogens is 2. The SMILES string of the molecule is CC(C(=O)N(C)C)S(=O)(=O)c1cc(Cl)cc(C(=O)O)c1Cl. The molecule has 1 aromatic carbocycles. The van der Waals surface area contributed by atoms with E-state index in [-0.39, 0.29) is 5.02 Å². The van der Waals surface area contributed by atoms with Gasteiger partial charge in [-0.3, -0.25) is 4.79 Å². The maximum Gasteiger partial charge on any atom is 0.337 e. The summed E-state index contributed by atoms with van der Waals surface area (Å²) in [7, 11) is -1.34. The third-order valence-electron chi connectivity index (χ3n) is 2.79. The minimum atomic E-state index is -4.16. The highest BCUT2D eigenvalue weighted by atomic mass is 35.5. The first-order valence-corrected chi connectivity index (χ1v) is 7.97. The van der Waals surface area contributed by atoms with Gasteiger partial charge in [0.25, 0.3) is 0 Å². The van der Waals surface area contributed by atoms with Crippen LogP contribution in [0.2, 0.25) is 10.0 Å². The number of amides is 1. The second-order valence-electron chi connectivity index (χ2n) is 4.49. The van der Waals surface area contributed by atoms with Crippen LogP contribution in [0.25, 0.3) is 0 Å². The predicted molar refractivity (Wildman–Crippen MR) is 78.8 cm³/mol. The molecule has 1 N–H and O–H groups in total. The Balaban J connectivity index is 3.53. The topological polar surface area (TPSA) is 91.8 Å². The van der Waals surface area contributed by atoms with E-state index in [0.29, 0.717) is 0 Å². The predicted octanol–water partition coefficient (Wildman–Crippen LogP) is 1.94. The van der Waals surface area contributed by atoms with Crippen LogP contribution in [-0.2, 0) is 14.6 Å². The Morgan fingerprint density at radius 2 is 1.76 bits per heavy atom. The van der Waals surface area contributed by atoms with Crippen molar-refractivity contribution in [3.63, 3.8) is 0 Å². The van der Waals surface area contributed by atoms with E-state index in [4.69, 9.17) is 28.3 Å². The molecule has 21 heavy (non-hydrogen) atoms. The second-order valence-corrected chi connectivity index (χ2v) is 7.54. The zero-order chi connectivity index (χ0) is 16.5. The van der Waals surface area contributed by atoms with Crippen molar-refractivity contribution in [3.05, 3.63) is 27.7 Å². The van der Waals surface area contributed by atoms with Gasteiger partial charge in [-0.25, -0.2) is 13.2 Å². The molecule has 0 aromatic heterocycles. The molecule has 0 saturated heterocycles. The van der Waals surface area contributed by atoms with Crippen molar-refractivity contribution in [1.82, 2.24) is 4.90 Å². The van der Waals surface area contributed by atoms with E-state index < -0.39 is 42.4 Å². The average Bonchev–Trinajstić information content (AvgIpc) is 2.38. The molecular weight excluding hydrogens is 341 g/mol. The maximum absolute atomic E-state index is 12.4. The van der Waals surface area contributed by atoms with Gasteiger partial charge in [-0.15, -0.1) is 0 Å². The van der Waals surface area contributed by atoms with Crippen molar-refractivity contribution in [2.24, 2.45) is 0 Å². The van der Waals surface area contributed by atoms with Crippen LogP contribution in [0, 0.1) is 0 Å². The highest BCUT2D eigenvalue weighted by Crippen LogP contribution is 2.32. The number of carboxylic acid groups (broad SMARTS) is 1. The van der Waals surface area contributed by atoms with Gasteiger partial charge in [0.05, 0.1) is 15.5 Å². The number of hydrogen-bond donors (Lipinski definition) is 1. The normalized spacial score (nSPS) is 12.8. The third-order valence-corrected chi connectivity index (χ3v) is 5.60. The van der Waals surface area contributed by atoms with Crippen LogP contribution < -0.4 is 0 Å². The molecule has 0 bridgehead atoms. The lowest BCUT2D eigenvalue weighted by molar-refractivity contribution is -0.127. The van der Waals surface area contributed by atoms with E-state index in [1.807, 2.05) is 0 Å². The van der Waals surface area contributed by atoms with E-state index >= 15 is 0 Å².